The SMILES string of the molecule is CC(C)=CCC/C(C)=C/Cc1c(O)c2ccc(OCCO)cc2oc1=O. The van der Waals surface area contributed by atoms with Crippen LogP contribution in [0.2, 0.25) is 0 Å². The van der Waals surface area contributed by atoms with E-state index in [1.165, 1.54) is 11.6 Å². The molecule has 2 aromatic rings. The van der Waals surface area contributed by atoms with Gasteiger partial charge in [0, 0.05) is 12.5 Å². The first-order valence-corrected chi connectivity index (χ1v) is 8.73. The minimum atomic E-state index is -0.553. The minimum absolute atomic E-state index is 0.0571. The Kier molecular flexibility index (Phi) is 7.04. The fourth-order valence-electron chi connectivity index (χ4n) is 2.60. The van der Waals surface area contributed by atoms with Crippen molar-refractivity contribution in [1.82, 2.24) is 0 Å². The summed E-state index contributed by atoms with van der Waals surface area (Å²) in [4.78, 5) is 12.2. The molecule has 0 spiro atoms. The van der Waals surface area contributed by atoms with Gasteiger partial charge in [-0.25, -0.2) is 4.79 Å². The van der Waals surface area contributed by atoms with Crippen molar-refractivity contribution in [2.45, 2.75) is 40.0 Å². The fourth-order valence-corrected chi connectivity index (χ4v) is 2.60. The lowest BCUT2D eigenvalue weighted by Gasteiger charge is -2.08. The Morgan fingerprint density at radius 2 is 2.00 bits per heavy atom. The Morgan fingerprint density at radius 3 is 2.69 bits per heavy atom. The van der Waals surface area contributed by atoms with Gasteiger partial charge < -0.3 is 19.4 Å². The van der Waals surface area contributed by atoms with Crippen LogP contribution in [0.15, 0.2) is 50.7 Å². The molecule has 2 N–H and O–H groups in total. The molecule has 0 fully saturated rings. The zero-order valence-corrected chi connectivity index (χ0v) is 15.5. The van der Waals surface area contributed by atoms with E-state index in [9.17, 15) is 9.90 Å². The maximum Gasteiger partial charge on any atom is 0.343 e. The lowest BCUT2D eigenvalue weighted by atomic mass is 10.1. The average Bonchev–Trinajstić information content (AvgIpc) is 2.59. The first kappa shape index (κ1) is 19.8. The lowest BCUT2D eigenvalue weighted by Crippen LogP contribution is -2.07. The largest absolute Gasteiger partial charge is 0.507 e. The number of fused-ring (bicyclic) bond motifs is 1. The summed E-state index contributed by atoms with van der Waals surface area (Å²) >= 11 is 0. The Labute approximate surface area is 153 Å². The summed E-state index contributed by atoms with van der Waals surface area (Å²) in [6.07, 6.45) is 6.33. The van der Waals surface area contributed by atoms with Crippen molar-refractivity contribution >= 4 is 11.0 Å². The first-order chi connectivity index (χ1) is 12.4. The van der Waals surface area contributed by atoms with Crippen LogP contribution in [0.3, 0.4) is 0 Å². The molecule has 5 nitrogen and oxygen atoms in total. The summed E-state index contributed by atoms with van der Waals surface area (Å²) < 4.78 is 10.6. The smallest absolute Gasteiger partial charge is 0.343 e. The normalized spacial score (nSPS) is 11.6. The van der Waals surface area contributed by atoms with E-state index in [-0.39, 0.29) is 30.1 Å². The molecule has 0 aliphatic carbocycles. The second kappa shape index (κ2) is 9.25. The van der Waals surface area contributed by atoms with Crippen LogP contribution in [0.25, 0.3) is 11.0 Å². The van der Waals surface area contributed by atoms with Gasteiger partial charge in [-0.3, -0.25) is 0 Å². The molecular weight excluding hydrogens is 332 g/mol. The number of rotatable bonds is 8. The van der Waals surface area contributed by atoms with E-state index in [1.54, 1.807) is 12.1 Å². The first-order valence-electron chi connectivity index (χ1n) is 8.73. The third-order valence-electron chi connectivity index (χ3n) is 4.05. The molecule has 0 atom stereocenters. The minimum Gasteiger partial charge on any atom is -0.507 e. The van der Waals surface area contributed by atoms with Crippen molar-refractivity contribution in [3.05, 3.63) is 57.5 Å². The number of allylic oxidation sites excluding steroid dienone is 4. The second-order valence-corrected chi connectivity index (χ2v) is 6.52. The third kappa shape index (κ3) is 5.23. The van der Waals surface area contributed by atoms with Gasteiger partial charge >= 0.3 is 5.63 Å². The third-order valence-corrected chi connectivity index (χ3v) is 4.05. The van der Waals surface area contributed by atoms with Crippen molar-refractivity contribution in [1.29, 1.82) is 0 Å². The van der Waals surface area contributed by atoms with E-state index in [0.717, 1.165) is 18.4 Å². The molecule has 0 bridgehead atoms. The highest BCUT2D eigenvalue weighted by atomic mass is 16.5. The van der Waals surface area contributed by atoms with Crippen molar-refractivity contribution in [3.63, 3.8) is 0 Å². The van der Waals surface area contributed by atoms with Gasteiger partial charge in [-0.2, -0.15) is 0 Å². The van der Waals surface area contributed by atoms with E-state index in [1.807, 2.05) is 13.0 Å². The van der Waals surface area contributed by atoms with E-state index in [0.29, 0.717) is 17.6 Å². The summed E-state index contributed by atoms with van der Waals surface area (Å²) in [5.41, 5.74) is 2.41. The van der Waals surface area contributed by atoms with Crippen LogP contribution in [0.1, 0.15) is 39.2 Å². The van der Waals surface area contributed by atoms with Gasteiger partial charge in [-0.15, -0.1) is 0 Å². The molecule has 0 saturated carbocycles. The van der Waals surface area contributed by atoms with Crippen LogP contribution in [0.4, 0.5) is 0 Å². The molecule has 0 amide bonds. The molecule has 5 heteroatoms. The highest BCUT2D eigenvalue weighted by Crippen LogP contribution is 2.29. The molecule has 0 saturated heterocycles. The summed E-state index contributed by atoms with van der Waals surface area (Å²) in [7, 11) is 0. The Morgan fingerprint density at radius 1 is 1.23 bits per heavy atom. The number of ether oxygens (including phenoxy) is 1. The number of hydrogen-bond acceptors (Lipinski definition) is 5. The Hall–Kier alpha value is -2.53. The molecular formula is C21H26O5. The summed E-state index contributed by atoms with van der Waals surface area (Å²) in [6, 6.07) is 4.85. The van der Waals surface area contributed by atoms with E-state index in [4.69, 9.17) is 14.3 Å². The number of hydrogen-bond donors (Lipinski definition) is 2. The van der Waals surface area contributed by atoms with Gasteiger partial charge in [0.2, 0.25) is 0 Å². The molecule has 140 valence electrons. The second-order valence-electron chi connectivity index (χ2n) is 6.52. The predicted octanol–water partition coefficient (Wildman–Crippen LogP) is 4.10. The van der Waals surface area contributed by atoms with Gasteiger partial charge in [0.25, 0.3) is 0 Å². The van der Waals surface area contributed by atoms with Crippen LogP contribution in [-0.4, -0.2) is 23.4 Å². The van der Waals surface area contributed by atoms with Crippen molar-refractivity contribution in [2.24, 2.45) is 0 Å². The molecule has 1 aromatic carbocycles. The fraction of sp³-hybridized carbons (Fsp3) is 0.381. The summed E-state index contributed by atoms with van der Waals surface area (Å²) in [6.45, 7) is 6.20. The zero-order valence-electron chi connectivity index (χ0n) is 15.5. The van der Waals surface area contributed by atoms with E-state index in [2.05, 4.69) is 19.9 Å². The van der Waals surface area contributed by atoms with Crippen molar-refractivity contribution < 1.29 is 19.4 Å². The van der Waals surface area contributed by atoms with E-state index < -0.39 is 5.63 Å². The Bertz CT molecular complexity index is 870. The topological polar surface area (TPSA) is 79.9 Å². The zero-order chi connectivity index (χ0) is 19.1. The monoisotopic (exact) mass is 358 g/mol. The van der Waals surface area contributed by atoms with Crippen LogP contribution in [0.5, 0.6) is 11.5 Å². The predicted molar refractivity (Wildman–Crippen MR) is 103 cm³/mol. The maximum atomic E-state index is 12.2. The maximum absolute atomic E-state index is 12.2. The van der Waals surface area contributed by atoms with Crippen LogP contribution in [-0.2, 0) is 6.42 Å². The van der Waals surface area contributed by atoms with Gasteiger partial charge in [0.15, 0.2) is 0 Å². The lowest BCUT2D eigenvalue weighted by molar-refractivity contribution is 0.201. The average molecular weight is 358 g/mol. The number of benzene rings is 1. The Balaban J connectivity index is 2.23. The van der Waals surface area contributed by atoms with Gasteiger partial charge in [-0.1, -0.05) is 23.3 Å². The molecule has 2 rings (SSSR count). The van der Waals surface area contributed by atoms with Crippen LogP contribution in [0, 0.1) is 0 Å². The molecule has 1 aromatic heterocycles. The van der Waals surface area contributed by atoms with Crippen LogP contribution < -0.4 is 10.4 Å². The molecule has 0 aliphatic rings. The van der Waals surface area contributed by atoms with Gasteiger partial charge in [-0.05, 0) is 45.7 Å². The van der Waals surface area contributed by atoms with Gasteiger partial charge in [0.05, 0.1) is 17.6 Å². The standard InChI is InChI=1S/C21H26O5/c1-14(2)5-4-6-15(3)7-9-18-20(23)17-10-8-16(25-12-11-22)13-19(17)26-21(18)24/h5,7-8,10,13,22-23H,4,6,9,11-12H2,1-3H3/b15-7+. The van der Waals surface area contributed by atoms with Gasteiger partial charge in [0.1, 0.15) is 23.7 Å². The molecule has 0 radical (unpaired) electrons. The highest BCUT2D eigenvalue weighted by Gasteiger charge is 2.13. The van der Waals surface area contributed by atoms with Crippen LogP contribution >= 0.6 is 0 Å². The summed E-state index contributed by atoms with van der Waals surface area (Å²) in [5.74, 6) is 0.412. The number of aliphatic hydroxyl groups is 1. The molecule has 26 heavy (non-hydrogen) atoms. The molecule has 0 aliphatic heterocycles. The highest BCUT2D eigenvalue weighted by molar-refractivity contribution is 5.85. The number of aliphatic hydroxyl groups excluding tert-OH is 1. The molecule has 0 unspecified atom stereocenters. The van der Waals surface area contributed by atoms with E-state index >= 15 is 0 Å². The molecule has 1 heterocycles. The number of aromatic hydroxyl groups is 1. The van der Waals surface area contributed by atoms with Crippen molar-refractivity contribution in [3.8, 4) is 11.5 Å². The van der Waals surface area contributed by atoms with Crippen molar-refractivity contribution in [2.75, 3.05) is 13.2 Å². The quantitative estimate of drug-likeness (QED) is 0.548. The summed E-state index contributed by atoms with van der Waals surface area (Å²) in [5, 5.41) is 19.7.